The number of benzene rings is 1. The Morgan fingerprint density at radius 3 is 2.74 bits per heavy atom. The first-order valence-electron chi connectivity index (χ1n) is 8.42. The molecule has 2 aromatic rings. The molecule has 0 amide bonds. The standard InChI is InChI=1S/C18H23N3O2/c22-16-13-14-3-1-2-4-15(14)18(16)5-8-20(9-6-18)11-12-21-10-7-19-17(21)23/h1-4,7,10,16,22H,5-6,8-9,11-13H2,(H,19,23). The van der Waals surface area contributed by atoms with Gasteiger partial charge in [-0.25, -0.2) is 4.79 Å². The Morgan fingerprint density at radius 1 is 1.22 bits per heavy atom. The summed E-state index contributed by atoms with van der Waals surface area (Å²) in [6, 6.07) is 8.50. The summed E-state index contributed by atoms with van der Waals surface area (Å²) < 4.78 is 1.71. The van der Waals surface area contributed by atoms with Crippen molar-refractivity contribution in [3.8, 4) is 0 Å². The van der Waals surface area contributed by atoms with E-state index in [1.54, 1.807) is 17.0 Å². The maximum Gasteiger partial charge on any atom is 0.325 e. The smallest absolute Gasteiger partial charge is 0.325 e. The highest BCUT2D eigenvalue weighted by molar-refractivity contribution is 5.42. The molecule has 1 aliphatic heterocycles. The van der Waals surface area contributed by atoms with Crippen molar-refractivity contribution >= 4 is 0 Å². The zero-order chi connectivity index (χ0) is 15.9. The summed E-state index contributed by atoms with van der Waals surface area (Å²) >= 11 is 0. The highest BCUT2D eigenvalue weighted by Crippen LogP contribution is 2.46. The molecular weight excluding hydrogens is 290 g/mol. The molecule has 2 aliphatic rings. The summed E-state index contributed by atoms with van der Waals surface area (Å²) in [5.41, 5.74) is 2.57. The van der Waals surface area contributed by atoms with Gasteiger partial charge in [0.05, 0.1) is 6.10 Å². The summed E-state index contributed by atoms with van der Waals surface area (Å²) in [4.78, 5) is 16.6. The Balaban J connectivity index is 1.43. The van der Waals surface area contributed by atoms with E-state index in [0.29, 0.717) is 6.54 Å². The summed E-state index contributed by atoms with van der Waals surface area (Å²) in [6.45, 7) is 3.55. The number of imidazole rings is 1. The fourth-order valence-electron chi connectivity index (χ4n) is 4.32. The van der Waals surface area contributed by atoms with Gasteiger partial charge in [0.1, 0.15) is 0 Å². The zero-order valence-corrected chi connectivity index (χ0v) is 13.2. The summed E-state index contributed by atoms with van der Waals surface area (Å²) in [5, 5.41) is 10.7. The monoisotopic (exact) mass is 313 g/mol. The van der Waals surface area contributed by atoms with E-state index in [0.717, 1.165) is 38.9 Å². The first kappa shape index (κ1) is 14.7. The van der Waals surface area contributed by atoms with Crippen molar-refractivity contribution in [1.82, 2.24) is 14.5 Å². The van der Waals surface area contributed by atoms with Crippen LogP contribution < -0.4 is 5.69 Å². The lowest BCUT2D eigenvalue weighted by atomic mass is 9.72. The van der Waals surface area contributed by atoms with Crippen molar-refractivity contribution < 1.29 is 5.11 Å². The van der Waals surface area contributed by atoms with E-state index in [4.69, 9.17) is 0 Å². The molecular formula is C18H23N3O2. The molecule has 2 N–H and O–H groups in total. The highest BCUT2D eigenvalue weighted by atomic mass is 16.3. The maximum absolute atomic E-state index is 11.5. The Hall–Kier alpha value is -1.85. The molecule has 122 valence electrons. The molecule has 5 heteroatoms. The molecule has 5 nitrogen and oxygen atoms in total. The fraction of sp³-hybridized carbons (Fsp3) is 0.500. The van der Waals surface area contributed by atoms with Gasteiger partial charge in [0.15, 0.2) is 0 Å². The molecule has 0 saturated carbocycles. The third-order valence-corrected chi connectivity index (χ3v) is 5.73. The summed E-state index contributed by atoms with van der Waals surface area (Å²) in [7, 11) is 0. The van der Waals surface area contributed by atoms with Crippen molar-refractivity contribution in [3.05, 3.63) is 58.3 Å². The van der Waals surface area contributed by atoms with Crippen molar-refractivity contribution in [2.24, 2.45) is 0 Å². The van der Waals surface area contributed by atoms with Gasteiger partial charge in [-0.15, -0.1) is 0 Å². The van der Waals surface area contributed by atoms with Crippen LogP contribution in [0.1, 0.15) is 24.0 Å². The lowest BCUT2D eigenvalue weighted by Crippen LogP contribution is -2.48. The van der Waals surface area contributed by atoms with Crippen molar-refractivity contribution in [3.63, 3.8) is 0 Å². The average Bonchev–Trinajstić information content (AvgIpc) is 3.10. The van der Waals surface area contributed by atoms with Crippen LogP contribution in [-0.2, 0) is 18.4 Å². The molecule has 1 unspecified atom stereocenters. The molecule has 1 spiro atoms. The normalized spacial score (nSPS) is 23.3. The van der Waals surface area contributed by atoms with Gasteiger partial charge in [0, 0.05) is 30.9 Å². The van der Waals surface area contributed by atoms with E-state index in [9.17, 15) is 9.90 Å². The number of hydrogen-bond acceptors (Lipinski definition) is 3. The zero-order valence-electron chi connectivity index (χ0n) is 13.2. The number of aromatic amines is 1. The van der Waals surface area contributed by atoms with Gasteiger partial charge in [-0.05, 0) is 43.5 Å². The van der Waals surface area contributed by atoms with Crippen LogP contribution in [0, 0.1) is 0 Å². The second-order valence-electron chi connectivity index (χ2n) is 6.83. The molecule has 1 saturated heterocycles. The van der Waals surface area contributed by atoms with Gasteiger partial charge in [-0.3, -0.25) is 4.57 Å². The number of fused-ring (bicyclic) bond motifs is 2. The number of piperidine rings is 1. The van der Waals surface area contributed by atoms with Crippen LogP contribution in [0.3, 0.4) is 0 Å². The Kier molecular flexibility index (Phi) is 3.62. The molecule has 1 aliphatic carbocycles. The van der Waals surface area contributed by atoms with Gasteiger partial charge < -0.3 is 15.0 Å². The number of aliphatic hydroxyl groups excluding tert-OH is 1. The Bertz CT molecular complexity index is 740. The van der Waals surface area contributed by atoms with Gasteiger partial charge in [-0.2, -0.15) is 0 Å². The molecule has 0 bridgehead atoms. The number of nitrogens with one attached hydrogen (secondary N) is 1. The molecule has 1 fully saturated rings. The predicted molar refractivity (Wildman–Crippen MR) is 88.6 cm³/mol. The Morgan fingerprint density at radius 2 is 2.00 bits per heavy atom. The van der Waals surface area contributed by atoms with Crippen molar-refractivity contribution in [2.45, 2.75) is 37.3 Å². The fourth-order valence-corrected chi connectivity index (χ4v) is 4.32. The van der Waals surface area contributed by atoms with Gasteiger partial charge >= 0.3 is 5.69 Å². The van der Waals surface area contributed by atoms with Crippen LogP contribution in [0.4, 0.5) is 0 Å². The summed E-state index contributed by atoms with van der Waals surface area (Å²) in [6.07, 6.45) is 5.99. The quantitative estimate of drug-likeness (QED) is 0.893. The largest absolute Gasteiger partial charge is 0.392 e. The molecule has 2 heterocycles. The van der Waals surface area contributed by atoms with Gasteiger partial charge in [0.2, 0.25) is 0 Å². The van der Waals surface area contributed by atoms with Crippen LogP contribution in [0.15, 0.2) is 41.5 Å². The topological polar surface area (TPSA) is 61.3 Å². The van der Waals surface area contributed by atoms with Crippen LogP contribution in [-0.4, -0.2) is 45.3 Å². The minimum absolute atomic E-state index is 0.0429. The van der Waals surface area contributed by atoms with Crippen LogP contribution >= 0.6 is 0 Å². The first-order valence-corrected chi connectivity index (χ1v) is 8.42. The number of aliphatic hydroxyl groups is 1. The molecule has 1 atom stereocenters. The highest BCUT2D eigenvalue weighted by Gasteiger charge is 2.47. The molecule has 0 radical (unpaired) electrons. The first-order chi connectivity index (χ1) is 11.2. The number of hydrogen-bond donors (Lipinski definition) is 2. The number of likely N-dealkylation sites (tertiary alicyclic amines) is 1. The maximum atomic E-state index is 11.5. The van der Waals surface area contributed by atoms with Crippen LogP contribution in [0.2, 0.25) is 0 Å². The van der Waals surface area contributed by atoms with Crippen molar-refractivity contribution in [2.75, 3.05) is 19.6 Å². The third kappa shape index (κ3) is 2.44. The van der Waals surface area contributed by atoms with Crippen LogP contribution in [0.25, 0.3) is 0 Å². The second-order valence-corrected chi connectivity index (χ2v) is 6.83. The molecule has 1 aromatic heterocycles. The lowest BCUT2D eigenvalue weighted by molar-refractivity contribution is 0.0425. The molecule has 4 rings (SSSR count). The van der Waals surface area contributed by atoms with E-state index in [1.807, 2.05) is 0 Å². The number of aromatic nitrogens is 2. The Labute approximate surface area is 135 Å². The van der Waals surface area contributed by atoms with Crippen molar-refractivity contribution in [1.29, 1.82) is 0 Å². The van der Waals surface area contributed by atoms with E-state index in [-0.39, 0.29) is 17.2 Å². The van der Waals surface area contributed by atoms with E-state index in [1.165, 1.54) is 11.1 Å². The van der Waals surface area contributed by atoms with Gasteiger partial charge in [0.25, 0.3) is 0 Å². The molecule has 1 aromatic carbocycles. The van der Waals surface area contributed by atoms with Gasteiger partial charge in [-0.1, -0.05) is 24.3 Å². The molecule has 23 heavy (non-hydrogen) atoms. The number of rotatable bonds is 3. The number of nitrogens with zero attached hydrogens (tertiary/aromatic N) is 2. The average molecular weight is 313 g/mol. The predicted octanol–water partition coefficient (Wildman–Crippen LogP) is 1.13. The lowest BCUT2D eigenvalue weighted by Gasteiger charge is -2.42. The minimum atomic E-state index is -0.255. The SMILES string of the molecule is O=c1[nH]ccn1CCN1CCC2(CC1)c1ccccc1CC2O. The van der Waals surface area contributed by atoms with E-state index >= 15 is 0 Å². The minimum Gasteiger partial charge on any atom is -0.392 e. The van der Waals surface area contributed by atoms with E-state index < -0.39 is 0 Å². The second kappa shape index (κ2) is 5.65. The summed E-state index contributed by atoms with van der Waals surface area (Å²) in [5.74, 6) is 0. The third-order valence-electron chi connectivity index (χ3n) is 5.73. The van der Waals surface area contributed by atoms with Crippen LogP contribution in [0.5, 0.6) is 0 Å². The van der Waals surface area contributed by atoms with E-state index in [2.05, 4.69) is 34.1 Å². The number of H-pyrrole nitrogens is 1.